The molecule has 0 aliphatic heterocycles. The first-order valence-electron chi connectivity index (χ1n) is 2.32. The van der Waals surface area contributed by atoms with Crippen molar-refractivity contribution in [2.24, 2.45) is 5.92 Å². The van der Waals surface area contributed by atoms with Gasteiger partial charge in [0.2, 0.25) is 0 Å². The first-order chi connectivity index (χ1) is 3.18. The van der Waals surface area contributed by atoms with E-state index in [0.29, 0.717) is 0 Å². The molecule has 0 radical (unpaired) electrons. The molecule has 0 aromatic heterocycles. The van der Waals surface area contributed by atoms with Gasteiger partial charge in [-0.25, -0.2) is 0 Å². The fraction of sp³-hybridized carbons (Fsp3) is 0.667. The summed E-state index contributed by atoms with van der Waals surface area (Å²) in [7, 11) is 0. The monoisotopic (exact) mass is 98.1 g/mol. The number of aliphatic hydroxyl groups excluding tert-OH is 1. The zero-order valence-electron chi connectivity index (χ0n) is 4.68. The van der Waals surface area contributed by atoms with Crippen molar-refractivity contribution in [1.29, 1.82) is 0 Å². The summed E-state index contributed by atoms with van der Waals surface area (Å²) in [6, 6.07) is 0. The van der Waals surface area contributed by atoms with Crippen molar-refractivity contribution in [3.8, 4) is 12.3 Å². The van der Waals surface area contributed by atoms with E-state index in [4.69, 9.17) is 11.5 Å². The average Bonchev–Trinajstić information content (AvgIpc) is 1.65. The maximum atomic E-state index is 8.68. The minimum absolute atomic E-state index is 0.0139. The molecule has 0 amide bonds. The summed E-state index contributed by atoms with van der Waals surface area (Å²) in [4.78, 5) is 0. The third-order valence-electron chi connectivity index (χ3n) is 0.986. The van der Waals surface area contributed by atoms with Gasteiger partial charge in [0.1, 0.15) is 0 Å². The van der Waals surface area contributed by atoms with Gasteiger partial charge in [-0.2, -0.15) is 0 Å². The minimum atomic E-state index is -0.370. The first kappa shape index (κ1) is 6.52. The Morgan fingerprint density at radius 1 is 1.57 bits per heavy atom. The van der Waals surface area contributed by atoms with Crippen molar-refractivity contribution < 1.29 is 5.11 Å². The SMILES string of the molecule is C#C[C@H](C)[C@@H](C)O. The van der Waals surface area contributed by atoms with E-state index >= 15 is 0 Å². The van der Waals surface area contributed by atoms with Gasteiger partial charge in [0.15, 0.2) is 0 Å². The highest BCUT2D eigenvalue weighted by Gasteiger charge is 2.01. The third-order valence-corrected chi connectivity index (χ3v) is 0.986. The maximum absolute atomic E-state index is 8.68. The van der Waals surface area contributed by atoms with Gasteiger partial charge in [-0.15, -0.1) is 12.3 Å². The van der Waals surface area contributed by atoms with E-state index < -0.39 is 0 Å². The van der Waals surface area contributed by atoms with Crippen molar-refractivity contribution in [3.05, 3.63) is 0 Å². The van der Waals surface area contributed by atoms with Gasteiger partial charge in [0, 0.05) is 5.92 Å². The molecule has 0 saturated heterocycles. The van der Waals surface area contributed by atoms with Gasteiger partial charge >= 0.3 is 0 Å². The van der Waals surface area contributed by atoms with Gasteiger partial charge in [-0.1, -0.05) is 0 Å². The summed E-state index contributed by atoms with van der Waals surface area (Å²) in [6.45, 7) is 3.50. The Morgan fingerprint density at radius 2 is 2.00 bits per heavy atom. The molecule has 1 heteroatoms. The number of rotatable bonds is 1. The average molecular weight is 98.1 g/mol. The summed E-state index contributed by atoms with van der Waals surface area (Å²) in [5.74, 6) is 2.40. The quantitative estimate of drug-likeness (QED) is 0.477. The largest absolute Gasteiger partial charge is 0.392 e. The van der Waals surface area contributed by atoms with Crippen molar-refractivity contribution in [2.45, 2.75) is 20.0 Å². The fourth-order valence-corrected chi connectivity index (χ4v) is 0.139. The van der Waals surface area contributed by atoms with Crippen LogP contribution in [0.3, 0.4) is 0 Å². The molecule has 0 aliphatic rings. The van der Waals surface area contributed by atoms with Crippen LogP contribution in [0.2, 0.25) is 0 Å². The summed E-state index contributed by atoms with van der Waals surface area (Å²) in [5.41, 5.74) is 0. The Kier molecular flexibility index (Phi) is 2.47. The lowest BCUT2D eigenvalue weighted by atomic mass is 10.1. The van der Waals surface area contributed by atoms with Crippen LogP contribution in [-0.2, 0) is 0 Å². The van der Waals surface area contributed by atoms with Crippen molar-refractivity contribution in [1.82, 2.24) is 0 Å². The normalized spacial score (nSPS) is 17.4. The van der Waals surface area contributed by atoms with Gasteiger partial charge in [0.25, 0.3) is 0 Å². The van der Waals surface area contributed by atoms with Crippen LogP contribution in [0, 0.1) is 18.3 Å². The second-order valence-corrected chi connectivity index (χ2v) is 1.70. The van der Waals surface area contributed by atoms with E-state index in [0.717, 1.165) is 0 Å². The molecule has 40 valence electrons. The van der Waals surface area contributed by atoms with Crippen LogP contribution in [0.5, 0.6) is 0 Å². The van der Waals surface area contributed by atoms with E-state index in [1.54, 1.807) is 6.92 Å². The maximum Gasteiger partial charge on any atom is 0.0646 e. The van der Waals surface area contributed by atoms with E-state index in [2.05, 4.69) is 5.92 Å². The molecule has 0 aromatic rings. The van der Waals surface area contributed by atoms with Crippen LogP contribution in [-0.4, -0.2) is 11.2 Å². The van der Waals surface area contributed by atoms with Crippen LogP contribution >= 0.6 is 0 Å². The molecule has 0 bridgehead atoms. The molecule has 1 N–H and O–H groups in total. The van der Waals surface area contributed by atoms with Crippen molar-refractivity contribution >= 4 is 0 Å². The standard InChI is InChI=1S/C6H10O/c1-4-5(2)6(3)7/h1,5-7H,2-3H3/t5-,6+/m0/s1. The molecule has 7 heavy (non-hydrogen) atoms. The summed E-state index contributed by atoms with van der Waals surface area (Å²) in [5, 5.41) is 8.68. The Bertz CT molecular complexity index is 78.7. The van der Waals surface area contributed by atoms with E-state index in [-0.39, 0.29) is 12.0 Å². The smallest absolute Gasteiger partial charge is 0.0646 e. The first-order valence-corrected chi connectivity index (χ1v) is 2.32. The zero-order chi connectivity index (χ0) is 5.86. The van der Waals surface area contributed by atoms with Crippen LogP contribution < -0.4 is 0 Å². The van der Waals surface area contributed by atoms with Gasteiger partial charge in [-0.05, 0) is 13.8 Å². The molecule has 0 unspecified atom stereocenters. The van der Waals surface area contributed by atoms with E-state index in [9.17, 15) is 0 Å². The second kappa shape index (κ2) is 2.65. The fourth-order valence-electron chi connectivity index (χ4n) is 0.139. The van der Waals surface area contributed by atoms with E-state index in [1.165, 1.54) is 0 Å². The van der Waals surface area contributed by atoms with Crippen LogP contribution in [0.1, 0.15) is 13.8 Å². The topological polar surface area (TPSA) is 20.2 Å². The molecule has 0 fully saturated rings. The lowest BCUT2D eigenvalue weighted by Gasteiger charge is -2.04. The molecular formula is C6H10O. The molecule has 0 aliphatic carbocycles. The highest BCUT2D eigenvalue weighted by atomic mass is 16.3. The number of terminal acetylenes is 1. The molecule has 0 rings (SSSR count). The van der Waals surface area contributed by atoms with Crippen molar-refractivity contribution in [2.75, 3.05) is 0 Å². The number of hydrogen-bond acceptors (Lipinski definition) is 1. The Balaban J connectivity index is 3.40. The van der Waals surface area contributed by atoms with Crippen molar-refractivity contribution in [3.63, 3.8) is 0 Å². The predicted molar refractivity (Wildman–Crippen MR) is 29.7 cm³/mol. The lowest BCUT2D eigenvalue weighted by molar-refractivity contribution is 0.161. The summed E-state index contributed by atoms with van der Waals surface area (Å²) >= 11 is 0. The molecule has 0 saturated carbocycles. The van der Waals surface area contributed by atoms with Crippen LogP contribution in [0.15, 0.2) is 0 Å². The number of aliphatic hydroxyl groups is 1. The summed E-state index contributed by atoms with van der Waals surface area (Å²) in [6.07, 6.45) is 4.59. The van der Waals surface area contributed by atoms with Gasteiger partial charge in [0.05, 0.1) is 6.10 Å². The Labute approximate surface area is 44.4 Å². The molecular weight excluding hydrogens is 88.1 g/mol. The molecule has 0 aromatic carbocycles. The second-order valence-electron chi connectivity index (χ2n) is 1.70. The minimum Gasteiger partial charge on any atom is -0.392 e. The lowest BCUT2D eigenvalue weighted by Crippen LogP contribution is -2.09. The van der Waals surface area contributed by atoms with Crippen LogP contribution in [0.4, 0.5) is 0 Å². The molecule has 0 heterocycles. The summed E-state index contributed by atoms with van der Waals surface area (Å²) < 4.78 is 0. The van der Waals surface area contributed by atoms with Crippen LogP contribution in [0.25, 0.3) is 0 Å². The van der Waals surface area contributed by atoms with Gasteiger partial charge in [-0.3, -0.25) is 0 Å². The zero-order valence-corrected chi connectivity index (χ0v) is 4.68. The highest BCUT2D eigenvalue weighted by Crippen LogP contribution is 1.96. The Hall–Kier alpha value is -0.480. The third kappa shape index (κ3) is 2.24. The highest BCUT2D eigenvalue weighted by molar-refractivity contribution is 4.92. The molecule has 1 nitrogen and oxygen atoms in total. The van der Waals surface area contributed by atoms with E-state index in [1.807, 2.05) is 6.92 Å². The number of hydrogen-bond donors (Lipinski definition) is 1. The Morgan fingerprint density at radius 3 is 2.00 bits per heavy atom. The van der Waals surface area contributed by atoms with Gasteiger partial charge < -0.3 is 5.11 Å². The molecule has 0 spiro atoms. The molecule has 2 atom stereocenters. The predicted octanol–water partition coefficient (Wildman–Crippen LogP) is 0.637.